The predicted molar refractivity (Wildman–Crippen MR) is 94.5 cm³/mol. The molecule has 0 amide bonds. The first-order valence-corrected chi connectivity index (χ1v) is 8.51. The quantitative estimate of drug-likeness (QED) is 0.776. The molecule has 0 aromatic heterocycles. The second-order valence-electron chi connectivity index (χ2n) is 8.42. The van der Waals surface area contributed by atoms with E-state index in [4.69, 9.17) is 9.31 Å². The summed E-state index contributed by atoms with van der Waals surface area (Å²) < 4.78 is 12.1. The topological polar surface area (TPSA) is 18.5 Å². The van der Waals surface area contributed by atoms with Gasteiger partial charge in [0.2, 0.25) is 0 Å². The molecule has 3 heteroatoms. The summed E-state index contributed by atoms with van der Waals surface area (Å²) in [7, 11) is -0.245. The van der Waals surface area contributed by atoms with E-state index < -0.39 is 0 Å². The van der Waals surface area contributed by atoms with E-state index in [1.807, 2.05) is 0 Å². The maximum Gasteiger partial charge on any atom is 0.494 e. The van der Waals surface area contributed by atoms with Gasteiger partial charge in [0.25, 0.3) is 0 Å². The summed E-state index contributed by atoms with van der Waals surface area (Å²) in [5, 5.41) is 0. The summed E-state index contributed by atoms with van der Waals surface area (Å²) in [4.78, 5) is 0. The molecule has 0 bridgehead atoms. The zero-order valence-corrected chi connectivity index (χ0v) is 15.3. The Balaban J connectivity index is 2.09. The lowest BCUT2D eigenvalue weighted by Crippen LogP contribution is -2.51. The van der Waals surface area contributed by atoms with Crippen LogP contribution in [0.15, 0.2) is 24.3 Å². The minimum atomic E-state index is -0.245. The van der Waals surface area contributed by atoms with E-state index in [1.54, 1.807) is 0 Å². The van der Waals surface area contributed by atoms with E-state index in [9.17, 15) is 0 Å². The van der Waals surface area contributed by atoms with E-state index in [0.29, 0.717) is 11.3 Å². The number of benzene rings is 1. The van der Waals surface area contributed by atoms with Crippen LogP contribution in [0, 0.1) is 11.3 Å². The van der Waals surface area contributed by atoms with Crippen LogP contribution in [0.1, 0.15) is 60.5 Å². The first-order chi connectivity index (χ1) is 10.1. The monoisotopic (exact) mass is 302 g/mol. The normalized spacial score (nSPS) is 22.2. The van der Waals surface area contributed by atoms with E-state index in [2.05, 4.69) is 72.7 Å². The van der Waals surface area contributed by atoms with Crippen molar-refractivity contribution < 1.29 is 9.31 Å². The number of hydrogen-bond donors (Lipinski definition) is 0. The fraction of sp³-hybridized carbons (Fsp3) is 0.684. The molecule has 1 unspecified atom stereocenters. The van der Waals surface area contributed by atoms with Gasteiger partial charge in [0, 0.05) is 6.10 Å². The highest BCUT2D eigenvalue weighted by Gasteiger charge is 2.38. The summed E-state index contributed by atoms with van der Waals surface area (Å²) in [6.07, 6.45) is 2.26. The molecule has 22 heavy (non-hydrogen) atoms. The van der Waals surface area contributed by atoms with Gasteiger partial charge in [-0.25, -0.2) is 0 Å². The molecule has 1 aromatic rings. The molecule has 2 nitrogen and oxygen atoms in total. The molecule has 1 aliphatic heterocycles. The lowest BCUT2D eigenvalue weighted by molar-refractivity contribution is -0.0229. The lowest BCUT2D eigenvalue weighted by atomic mass is 9.73. The van der Waals surface area contributed by atoms with Gasteiger partial charge in [0.1, 0.15) is 0 Å². The van der Waals surface area contributed by atoms with Crippen molar-refractivity contribution in [3.05, 3.63) is 29.8 Å². The molecule has 1 atom stereocenters. The predicted octanol–water partition coefficient (Wildman–Crippen LogP) is 4.21. The Hall–Kier alpha value is -0.795. The highest BCUT2D eigenvalue weighted by molar-refractivity contribution is 6.61. The molecular formula is C19H31BO2. The summed E-state index contributed by atoms with van der Waals surface area (Å²) in [5.41, 5.74) is 2.69. The summed E-state index contributed by atoms with van der Waals surface area (Å²) in [5.74, 6) is 0.666. The second kappa shape index (κ2) is 6.37. The van der Waals surface area contributed by atoms with Gasteiger partial charge in [0.05, 0.1) is 5.60 Å². The van der Waals surface area contributed by atoms with Crippen LogP contribution >= 0.6 is 0 Å². The molecule has 122 valence electrons. The first-order valence-electron chi connectivity index (χ1n) is 8.51. The van der Waals surface area contributed by atoms with Crippen LogP contribution in [0.25, 0.3) is 0 Å². The third kappa shape index (κ3) is 4.36. The zero-order valence-electron chi connectivity index (χ0n) is 15.3. The molecule has 1 fully saturated rings. The van der Waals surface area contributed by atoms with Crippen molar-refractivity contribution in [1.29, 1.82) is 0 Å². The van der Waals surface area contributed by atoms with Gasteiger partial charge in [-0.05, 0) is 56.0 Å². The smallest absolute Gasteiger partial charge is 0.405 e. The van der Waals surface area contributed by atoms with Crippen molar-refractivity contribution in [2.75, 3.05) is 0 Å². The maximum absolute atomic E-state index is 6.09. The number of rotatable bonds is 4. The standard InChI is InChI=1S/C19H31BO2/c1-14(2)18(4,5)13-16-8-10-17(11-9-16)20-21-15(3)12-19(6,7)22-20/h8-11,14-15H,12-13H2,1-7H3. The molecule has 0 radical (unpaired) electrons. The van der Waals surface area contributed by atoms with Crippen molar-refractivity contribution in [3.8, 4) is 0 Å². The zero-order chi connectivity index (χ0) is 16.5. The van der Waals surface area contributed by atoms with E-state index in [1.165, 1.54) is 5.56 Å². The SMILES string of the molecule is CC1CC(C)(C)OB(c2ccc(CC(C)(C)C(C)C)cc2)O1. The molecule has 1 aliphatic rings. The summed E-state index contributed by atoms with van der Waals surface area (Å²) in [6, 6.07) is 8.76. The van der Waals surface area contributed by atoms with Gasteiger partial charge in [-0.1, -0.05) is 52.0 Å². The Morgan fingerprint density at radius 2 is 1.82 bits per heavy atom. The summed E-state index contributed by atoms with van der Waals surface area (Å²) >= 11 is 0. The minimum absolute atomic E-state index is 0.124. The van der Waals surface area contributed by atoms with Crippen LogP contribution in [0.5, 0.6) is 0 Å². The van der Waals surface area contributed by atoms with Crippen molar-refractivity contribution in [2.45, 2.75) is 73.0 Å². The second-order valence-corrected chi connectivity index (χ2v) is 8.42. The van der Waals surface area contributed by atoms with Crippen molar-refractivity contribution in [2.24, 2.45) is 11.3 Å². The third-order valence-corrected chi connectivity index (χ3v) is 5.04. The average molecular weight is 302 g/mol. The molecule has 2 rings (SSSR count). The average Bonchev–Trinajstić information content (AvgIpc) is 2.36. The molecule has 1 saturated heterocycles. The largest absolute Gasteiger partial charge is 0.494 e. The molecule has 1 heterocycles. The molecule has 1 aromatic carbocycles. The van der Waals surface area contributed by atoms with Gasteiger partial charge in [-0.3, -0.25) is 0 Å². The van der Waals surface area contributed by atoms with Crippen molar-refractivity contribution >= 4 is 12.6 Å². The fourth-order valence-corrected chi connectivity index (χ4v) is 2.99. The fourth-order valence-electron chi connectivity index (χ4n) is 2.99. The Bertz CT molecular complexity index is 491. The van der Waals surface area contributed by atoms with E-state index >= 15 is 0 Å². The highest BCUT2D eigenvalue weighted by atomic mass is 16.6. The van der Waals surface area contributed by atoms with Gasteiger partial charge in [-0.15, -0.1) is 0 Å². The molecule has 0 saturated carbocycles. The first kappa shape index (κ1) is 17.6. The van der Waals surface area contributed by atoms with Crippen LogP contribution in [-0.4, -0.2) is 18.8 Å². The lowest BCUT2D eigenvalue weighted by Gasteiger charge is -2.38. The van der Waals surface area contributed by atoms with Gasteiger partial charge in [0.15, 0.2) is 0 Å². The highest BCUT2D eigenvalue weighted by Crippen LogP contribution is 2.30. The maximum atomic E-state index is 6.09. The molecule has 0 N–H and O–H groups in total. The Morgan fingerprint density at radius 3 is 2.32 bits per heavy atom. The Morgan fingerprint density at radius 1 is 1.23 bits per heavy atom. The van der Waals surface area contributed by atoms with Crippen molar-refractivity contribution in [3.63, 3.8) is 0 Å². The Labute approximate surface area is 136 Å². The van der Waals surface area contributed by atoms with Gasteiger partial charge in [-0.2, -0.15) is 0 Å². The van der Waals surface area contributed by atoms with Crippen LogP contribution in [0.3, 0.4) is 0 Å². The van der Waals surface area contributed by atoms with Crippen LogP contribution in [0.4, 0.5) is 0 Å². The number of hydrogen-bond acceptors (Lipinski definition) is 2. The van der Waals surface area contributed by atoms with E-state index in [-0.39, 0.29) is 18.8 Å². The van der Waals surface area contributed by atoms with Crippen molar-refractivity contribution in [1.82, 2.24) is 0 Å². The minimum Gasteiger partial charge on any atom is -0.405 e. The van der Waals surface area contributed by atoms with Crippen LogP contribution < -0.4 is 5.46 Å². The summed E-state index contributed by atoms with van der Waals surface area (Å²) in [6.45, 7) is 15.7. The van der Waals surface area contributed by atoms with Crippen LogP contribution in [0.2, 0.25) is 0 Å². The van der Waals surface area contributed by atoms with Gasteiger partial charge >= 0.3 is 7.12 Å². The third-order valence-electron chi connectivity index (χ3n) is 5.04. The van der Waals surface area contributed by atoms with Crippen LogP contribution in [-0.2, 0) is 15.7 Å². The molecule has 0 spiro atoms. The van der Waals surface area contributed by atoms with Gasteiger partial charge < -0.3 is 9.31 Å². The van der Waals surface area contributed by atoms with E-state index in [0.717, 1.165) is 18.3 Å². The molecule has 0 aliphatic carbocycles. The Kier molecular flexibility index (Phi) is 5.08. The molecular weight excluding hydrogens is 271 g/mol.